The number of nitrogens with zero attached hydrogens (tertiary/aromatic N) is 2. The first kappa shape index (κ1) is 17.4. The third kappa shape index (κ3) is 3.35. The second-order valence-electron chi connectivity index (χ2n) is 5.35. The molecule has 1 amide bonds. The first-order valence-corrected chi connectivity index (χ1v) is 7.93. The summed E-state index contributed by atoms with van der Waals surface area (Å²) in [7, 11) is 1.70. The summed E-state index contributed by atoms with van der Waals surface area (Å²) in [5, 5.41) is 30.8. The zero-order valence-electron chi connectivity index (χ0n) is 13.7. The lowest BCUT2D eigenvalue weighted by Crippen LogP contribution is -2.24. The molecule has 2 aromatic rings. The number of carbonyl (C=O) groups is 1. The van der Waals surface area contributed by atoms with Crippen LogP contribution in [0.25, 0.3) is 11.3 Å². The summed E-state index contributed by atoms with van der Waals surface area (Å²) in [6, 6.07) is 4.54. The van der Waals surface area contributed by atoms with Crippen molar-refractivity contribution in [3.8, 4) is 17.0 Å². The lowest BCUT2D eigenvalue weighted by atomic mass is 10.0. The number of hydrogen-bond acceptors (Lipinski definition) is 6. The number of carbonyl (C=O) groups excluding carboxylic acids is 1. The van der Waals surface area contributed by atoms with E-state index in [4.69, 9.17) is 17.0 Å². The fourth-order valence-corrected chi connectivity index (χ4v) is 2.56. The number of anilines is 1. The predicted octanol–water partition coefficient (Wildman–Crippen LogP) is 2.47. The number of nitrogens with one attached hydrogen (secondary N) is 4. The molecule has 0 fully saturated rings. The molecule has 0 radical (unpaired) electrons. The van der Waals surface area contributed by atoms with Crippen molar-refractivity contribution >= 4 is 35.1 Å². The minimum atomic E-state index is -0.516. The highest BCUT2D eigenvalue weighted by Crippen LogP contribution is 2.34. The summed E-state index contributed by atoms with van der Waals surface area (Å²) in [4.78, 5) is 16.6. The Balaban J connectivity index is 1.88. The van der Waals surface area contributed by atoms with E-state index in [0.717, 1.165) is 0 Å². The third-order valence-electron chi connectivity index (χ3n) is 3.62. The van der Waals surface area contributed by atoms with Gasteiger partial charge < -0.3 is 15.7 Å². The van der Waals surface area contributed by atoms with Gasteiger partial charge in [0, 0.05) is 48.0 Å². The first-order valence-electron chi connectivity index (χ1n) is 7.55. The van der Waals surface area contributed by atoms with E-state index in [2.05, 4.69) is 25.8 Å². The minimum Gasteiger partial charge on any atom is -0.507 e. The van der Waals surface area contributed by atoms with E-state index >= 15 is 0 Å². The Bertz CT molecular complexity index is 973. The molecular formula is C17H15ClN6O2. The van der Waals surface area contributed by atoms with Crippen LogP contribution in [0.4, 0.5) is 5.69 Å². The smallest absolute Gasteiger partial charge is 0.259 e. The number of halogens is 1. The van der Waals surface area contributed by atoms with Crippen LogP contribution in [-0.4, -0.2) is 40.2 Å². The monoisotopic (exact) mass is 370 g/mol. The number of rotatable bonds is 4. The number of allylic oxidation sites excluding steroid dienone is 1. The van der Waals surface area contributed by atoms with Gasteiger partial charge in [0.15, 0.2) is 0 Å². The number of aromatic hydroxyl groups is 1. The van der Waals surface area contributed by atoms with Crippen LogP contribution in [0.5, 0.6) is 5.75 Å². The fourth-order valence-electron chi connectivity index (χ4n) is 2.39. The van der Waals surface area contributed by atoms with Crippen molar-refractivity contribution in [2.45, 2.75) is 0 Å². The van der Waals surface area contributed by atoms with Crippen molar-refractivity contribution in [3.05, 3.63) is 53.0 Å². The molecule has 3 rings (SSSR count). The topological polar surface area (TPSA) is 126 Å². The van der Waals surface area contributed by atoms with Gasteiger partial charge in [0.25, 0.3) is 5.91 Å². The van der Waals surface area contributed by atoms with Crippen molar-refractivity contribution in [2.24, 2.45) is 4.99 Å². The predicted molar refractivity (Wildman–Crippen MR) is 101 cm³/mol. The Morgan fingerprint density at radius 3 is 3.00 bits per heavy atom. The molecule has 5 N–H and O–H groups in total. The zero-order valence-corrected chi connectivity index (χ0v) is 14.4. The molecule has 0 saturated carbocycles. The fraction of sp³-hybridized carbons (Fsp3) is 0.0588. The average molecular weight is 371 g/mol. The van der Waals surface area contributed by atoms with Crippen LogP contribution in [0.2, 0.25) is 5.02 Å². The molecular weight excluding hydrogens is 356 g/mol. The molecule has 26 heavy (non-hydrogen) atoms. The average Bonchev–Trinajstić information content (AvgIpc) is 3.07. The normalized spacial score (nSPS) is 15.1. The maximum Gasteiger partial charge on any atom is 0.259 e. The van der Waals surface area contributed by atoms with Gasteiger partial charge in [-0.3, -0.25) is 20.3 Å². The van der Waals surface area contributed by atoms with Crippen LogP contribution in [0.3, 0.4) is 0 Å². The number of aliphatic imine (C=N–C) groups is 1. The zero-order chi connectivity index (χ0) is 18.7. The maximum absolute atomic E-state index is 12.6. The van der Waals surface area contributed by atoms with Gasteiger partial charge in [-0.15, -0.1) is 0 Å². The van der Waals surface area contributed by atoms with Crippen LogP contribution in [0.1, 0.15) is 0 Å². The number of aromatic amines is 1. The minimum absolute atomic E-state index is 0.0227. The van der Waals surface area contributed by atoms with Gasteiger partial charge >= 0.3 is 0 Å². The van der Waals surface area contributed by atoms with Crippen molar-refractivity contribution in [2.75, 3.05) is 12.4 Å². The number of H-pyrrole nitrogens is 1. The van der Waals surface area contributed by atoms with Crippen LogP contribution >= 0.6 is 11.6 Å². The SMILES string of the molecule is CN/C=C1/C=NC=C(C(=O)Nc2c[nH]nc2-c2cc(Cl)ccc2O)C1=N. The van der Waals surface area contributed by atoms with Crippen molar-refractivity contribution in [1.29, 1.82) is 5.41 Å². The van der Waals surface area contributed by atoms with Crippen LogP contribution < -0.4 is 10.6 Å². The quantitative estimate of drug-likeness (QED) is 0.566. The number of amides is 1. The number of phenolic OH excluding ortho intramolecular Hbond substituents is 1. The molecule has 2 heterocycles. The summed E-state index contributed by atoms with van der Waals surface area (Å²) in [6.45, 7) is 0. The van der Waals surface area contributed by atoms with Gasteiger partial charge in [0.05, 0.1) is 17.0 Å². The van der Waals surface area contributed by atoms with E-state index in [1.165, 1.54) is 24.7 Å². The molecule has 1 aliphatic rings. The van der Waals surface area contributed by atoms with E-state index in [9.17, 15) is 9.90 Å². The standard InChI is InChI=1S/C17H15ClN6O2/c1-20-5-9-6-21-7-12(15(9)19)17(26)23-13-8-22-24-16(13)11-4-10(18)2-3-14(11)25/h2-8,19-20,25H,1H3,(H,22,24)(H,23,26)/b9-5-,19-15?. The molecule has 0 atom stereocenters. The molecule has 1 aromatic heterocycles. The summed E-state index contributed by atoms with van der Waals surface area (Å²) in [6.07, 6.45) is 5.87. The molecule has 9 heteroatoms. The van der Waals surface area contributed by atoms with Crippen LogP contribution in [0.15, 0.2) is 52.9 Å². The highest BCUT2D eigenvalue weighted by molar-refractivity contribution is 6.36. The molecule has 8 nitrogen and oxygen atoms in total. The van der Waals surface area contributed by atoms with E-state index < -0.39 is 5.91 Å². The van der Waals surface area contributed by atoms with Gasteiger partial charge in [-0.25, -0.2) is 0 Å². The molecule has 0 unspecified atom stereocenters. The van der Waals surface area contributed by atoms with Crippen molar-refractivity contribution in [3.63, 3.8) is 0 Å². The largest absolute Gasteiger partial charge is 0.507 e. The second-order valence-corrected chi connectivity index (χ2v) is 5.78. The summed E-state index contributed by atoms with van der Waals surface area (Å²) < 4.78 is 0. The lowest BCUT2D eigenvalue weighted by molar-refractivity contribution is -0.112. The van der Waals surface area contributed by atoms with E-state index in [1.54, 1.807) is 25.4 Å². The molecule has 0 saturated heterocycles. The van der Waals surface area contributed by atoms with Crippen LogP contribution in [-0.2, 0) is 4.79 Å². The maximum atomic E-state index is 12.6. The molecule has 0 spiro atoms. The Kier molecular flexibility index (Phi) is 4.85. The highest BCUT2D eigenvalue weighted by Gasteiger charge is 2.22. The van der Waals surface area contributed by atoms with Crippen LogP contribution in [0, 0.1) is 5.41 Å². The highest BCUT2D eigenvalue weighted by atomic mass is 35.5. The van der Waals surface area contributed by atoms with Gasteiger partial charge in [-0.2, -0.15) is 5.10 Å². The second kappa shape index (κ2) is 7.24. The molecule has 1 aliphatic heterocycles. The number of phenols is 1. The van der Waals surface area contributed by atoms with Gasteiger partial charge in [0.2, 0.25) is 0 Å². The van der Waals surface area contributed by atoms with Crippen molar-refractivity contribution < 1.29 is 9.90 Å². The molecule has 1 aromatic carbocycles. The Hall–Kier alpha value is -3.39. The summed E-state index contributed by atoms with van der Waals surface area (Å²) in [5.74, 6) is -0.538. The molecule has 132 valence electrons. The summed E-state index contributed by atoms with van der Waals surface area (Å²) in [5.41, 5.74) is 1.68. The van der Waals surface area contributed by atoms with Gasteiger partial charge in [-0.1, -0.05) is 11.6 Å². The van der Waals surface area contributed by atoms with Crippen molar-refractivity contribution in [1.82, 2.24) is 15.5 Å². The lowest BCUT2D eigenvalue weighted by Gasteiger charge is -2.13. The van der Waals surface area contributed by atoms with Gasteiger partial charge in [-0.05, 0) is 18.2 Å². The van der Waals surface area contributed by atoms with Gasteiger partial charge in [0.1, 0.15) is 11.4 Å². The number of hydrogen-bond donors (Lipinski definition) is 5. The van der Waals surface area contributed by atoms with E-state index in [1.807, 2.05) is 0 Å². The van der Waals surface area contributed by atoms with E-state index in [-0.39, 0.29) is 17.0 Å². The summed E-state index contributed by atoms with van der Waals surface area (Å²) >= 11 is 5.98. The third-order valence-corrected chi connectivity index (χ3v) is 3.86. The number of benzene rings is 1. The first-order chi connectivity index (χ1) is 12.5. The number of aromatic nitrogens is 2. The Labute approximate surface area is 153 Å². The Morgan fingerprint density at radius 1 is 1.42 bits per heavy atom. The Morgan fingerprint density at radius 2 is 2.23 bits per heavy atom. The molecule has 0 aliphatic carbocycles. The molecule has 0 bridgehead atoms. The van der Waals surface area contributed by atoms with E-state index in [0.29, 0.717) is 27.5 Å².